The van der Waals surface area contributed by atoms with Crippen molar-refractivity contribution in [1.29, 1.82) is 0 Å². The van der Waals surface area contributed by atoms with Gasteiger partial charge < -0.3 is 4.43 Å². The molecule has 0 fully saturated rings. The van der Waals surface area contributed by atoms with Crippen LogP contribution in [-0.2, 0) is 11.0 Å². The quantitative estimate of drug-likeness (QED) is 0.360. The van der Waals surface area contributed by atoms with E-state index in [0.717, 1.165) is 0 Å². The van der Waals surface area contributed by atoms with E-state index in [1.165, 1.54) is 12.1 Å². The maximum absolute atomic E-state index is 10.8. The SMILES string of the molecule is C[Si](C)(CCl)OCc1cc(Cl)ccc1[N+](=O)[O-]. The second-order valence-electron chi connectivity index (χ2n) is 4.21. The maximum Gasteiger partial charge on any atom is 0.274 e. The van der Waals surface area contributed by atoms with Gasteiger partial charge in [0, 0.05) is 16.6 Å². The predicted molar refractivity (Wildman–Crippen MR) is 71.1 cm³/mol. The first-order valence-electron chi connectivity index (χ1n) is 4.98. The highest BCUT2D eigenvalue weighted by atomic mass is 35.5. The van der Waals surface area contributed by atoms with Gasteiger partial charge in [0.2, 0.25) is 8.32 Å². The molecule has 0 spiro atoms. The lowest BCUT2D eigenvalue weighted by atomic mass is 10.2. The zero-order valence-corrected chi connectivity index (χ0v) is 12.1. The highest BCUT2D eigenvalue weighted by molar-refractivity contribution is 6.77. The van der Waals surface area contributed by atoms with Crippen molar-refractivity contribution in [2.75, 3.05) is 5.50 Å². The predicted octanol–water partition coefficient (Wildman–Crippen LogP) is 3.75. The Hall–Kier alpha value is -0.623. The number of benzene rings is 1. The fourth-order valence-corrected chi connectivity index (χ4v) is 2.21. The lowest BCUT2D eigenvalue weighted by molar-refractivity contribution is -0.385. The normalized spacial score (nSPS) is 11.5. The smallest absolute Gasteiger partial charge is 0.274 e. The van der Waals surface area contributed by atoms with Gasteiger partial charge in [0.15, 0.2) is 0 Å². The molecule has 0 aromatic heterocycles. The molecule has 1 rings (SSSR count). The maximum atomic E-state index is 10.8. The lowest BCUT2D eigenvalue weighted by Gasteiger charge is -2.19. The molecule has 94 valence electrons. The minimum Gasteiger partial charge on any atom is -0.412 e. The Labute approximate surface area is 111 Å². The summed E-state index contributed by atoms with van der Waals surface area (Å²) in [6.45, 7) is 4.08. The molecule has 0 amide bonds. The third kappa shape index (κ3) is 4.27. The van der Waals surface area contributed by atoms with Gasteiger partial charge in [0.1, 0.15) is 0 Å². The van der Waals surface area contributed by atoms with Crippen LogP contribution in [-0.4, -0.2) is 18.7 Å². The highest BCUT2D eigenvalue weighted by Crippen LogP contribution is 2.24. The van der Waals surface area contributed by atoms with Crippen molar-refractivity contribution in [1.82, 2.24) is 0 Å². The van der Waals surface area contributed by atoms with Crippen molar-refractivity contribution in [3.63, 3.8) is 0 Å². The van der Waals surface area contributed by atoms with Gasteiger partial charge in [0.05, 0.1) is 17.1 Å². The molecule has 0 aliphatic heterocycles. The Morgan fingerprint density at radius 1 is 1.47 bits per heavy atom. The van der Waals surface area contributed by atoms with Crippen molar-refractivity contribution in [2.45, 2.75) is 19.7 Å². The van der Waals surface area contributed by atoms with Gasteiger partial charge in [-0.3, -0.25) is 10.1 Å². The summed E-state index contributed by atoms with van der Waals surface area (Å²) < 4.78 is 5.65. The van der Waals surface area contributed by atoms with Gasteiger partial charge in [0.25, 0.3) is 5.69 Å². The third-order valence-corrected chi connectivity index (χ3v) is 5.91. The zero-order valence-electron chi connectivity index (χ0n) is 9.57. The van der Waals surface area contributed by atoms with Crippen LogP contribution in [0, 0.1) is 10.1 Å². The first-order valence-corrected chi connectivity index (χ1v) is 9.01. The second-order valence-corrected chi connectivity index (χ2v) is 9.53. The molecule has 17 heavy (non-hydrogen) atoms. The Balaban J connectivity index is 2.89. The summed E-state index contributed by atoms with van der Waals surface area (Å²) in [5.41, 5.74) is 0.948. The summed E-state index contributed by atoms with van der Waals surface area (Å²) >= 11 is 11.6. The van der Waals surface area contributed by atoms with Crippen LogP contribution in [0.15, 0.2) is 18.2 Å². The minimum absolute atomic E-state index is 0.0220. The molecule has 7 heteroatoms. The summed E-state index contributed by atoms with van der Waals surface area (Å²) in [5, 5.41) is 11.3. The van der Waals surface area contributed by atoms with Crippen molar-refractivity contribution < 1.29 is 9.35 Å². The molecular formula is C10H13Cl2NO3Si. The molecule has 0 aliphatic carbocycles. The van der Waals surface area contributed by atoms with Gasteiger partial charge in [-0.25, -0.2) is 0 Å². The van der Waals surface area contributed by atoms with Gasteiger partial charge in [-0.05, 0) is 25.2 Å². The number of hydrogen-bond acceptors (Lipinski definition) is 3. The molecule has 0 aliphatic rings. The van der Waals surface area contributed by atoms with E-state index in [0.29, 0.717) is 16.1 Å². The van der Waals surface area contributed by atoms with Crippen LogP contribution in [0.3, 0.4) is 0 Å². The van der Waals surface area contributed by atoms with Crippen LogP contribution < -0.4 is 0 Å². The average molecular weight is 294 g/mol. The van der Waals surface area contributed by atoms with E-state index >= 15 is 0 Å². The largest absolute Gasteiger partial charge is 0.412 e. The zero-order chi connectivity index (χ0) is 13.1. The van der Waals surface area contributed by atoms with E-state index in [1.807, 2.05) is 13.1 Å². The molecule has 0 saturated heterocycles. The van der Waals surface area contributed by atoms with Crippen LogP contribution >= 0.6 is 23.2 Å². The number of nitro groups is 1. The van der Waals surface area contributed by atoms with Crippen LogP contribution in [0.4, 0.5) is 5.69 Å². The Morgan fingerprint density at radius 3 is 2.65 bits per heavy atom. The van der Waals surface area contributed by atoms with Gasteiger partial charge in [-0.2, -0.15) is 0 Å². The monoisotopic (exact) mass is 293 g/mol. The topological polar surface area (TPSA) is 52.4 Å². The van der Waals surface area contributed by atoms with Crippen LogP contribution in [0.2, 0.25) is 18.1 Å². The van der Waals surface area contributed by atoms with Crippen LogP contribution in [0.5, 0.6) is 0 Å². The van der Waals surface area contributed by atoms with E-state index in [2.05, 4.69) is 0 Å². The molecule has 0 radical (unpaired) electrons. The van der Waals surface area contributed by atoms with Crippen molar-refractivity contribution in [3.05, 3.63) is 38.9 Å². The van der Waals surface area contributed by atoms with E-state index in [-0.39, 0.29) is 12.3 Å². The highest BCUT2D eigenvalue weighted by Gasteiger charge is 2.23. The number of nitro benzene ring substituents is 1. The van der Waals surface area contributed by atoms with E-state index in [1.54, 1.807) is 6.07 Å². The minimum atomic E-state index is -1.94. The summed E-state index contributed by atoms with van der Waals surface area (Å²) in [7, 11) is -1.94. The first-order chi connectivity index (χ1) is 7.85. The average Bonchev–Trinajstić information content (AvgIpc) is 2.26. The molecular weight excluding hydrogens is 281 g/mol. The molecule has 1 aromatic carbocycles. The second kappa shape index (κ2) is 5.82. The fourth-order valence-electron chi connectivity index (χ4n) is 1.16. The molecule has 1 aromatic rings. The van der Waals surface area contributed by atoms with E-state index in [4.69, 9.17) is 27.6 Å². The van der Waals surface area contributed by atoms with Crippen LogP contribution in [0.25, 0.3) is 0 Å². The molecule has 0 heterocycles. The van der Waals surface area contributed by atoms with Gasteiger partial charge in [-0.1, -0.05) is 11.6 Å². The summed E-state index contributed by atoms with van der Waals surface area (Å²) in [5.74, 6) is 0. The van der Waals surface area contributed by atoms with Crippen molar-refractivity contribution in [3.8, 4) is 0 Å². The van der Waals surface area contributed by atoms with Crippen LogP contribution in [0.1, 0.15) is 5.56 Å². The van der Waals surface area contributed by atoms with Crippen molar-refractivity contribution >= 4 is 37.2 Å². The summed E-state index contributed by atoms with van der Waals surface area (Å²) in [6.07, 6.45) is 0. The molecule has 0 unspecified atom stereocenters. The Kier molecular flexibility index (Phi) is 4.94. The molecule has 0 N–H and O–H groups in total. The third-order valence-electron chi connectivity index (χ3n) is 2.18. The standard InChI is InChI=1S/C10H13Cl2NO3Si/c1-17(2,7-11)16-6-8-5-9(12)3-4-10(8)13(14)15/h3-5H,6-7H2,1-2H3. The molecule has 0 saturated carbocycles. The molecule has 0 atom stereocenters. The summed E-state index contributed by atoms with van der Waals surface area (Å²) in [4.78, 5) is 10.4. The number of halogens is 2. The summed E-state index contributed by atoms with van der Waals surface area (Å²) in [6, 6.07) is 4.43. The number of rotatable bonds is 5. The fraction of sp³-hybridized carbons (Fsp3) is 0.400. The molecule has 4 nitrogen and oxygen atoms in total. The van der Waals surface area contributed by atoms with Crippen molar-refractivity contribution in [2.24, 2.45) is 0 Å². The van der Waals surface area contributed by atoms with Gasteiger partial charge in [-0.15, -0.1) is 11.6 Å². The Bertz CT molecular complexity index is 426. The van der Waals surface area contributed by atoms with E-state index < -0.39 is 13.2 Å². The first kappa shape index (κ1) is 14.4. The molecule has 0 bridgehead atoms. The number of nitrogens with zero attached hydrogens (tertiary/aromatic N) is 1. The number of hydrogen-bond donors (Lipinski definition) is 0. The lowest BCUT2D eigenvalue weighted by Crippen LogP contribution is -2.32. The van der Waals surface area contributed by atoms with E-state index in [9.17, 15) is 10.1 Å². The van der Waals surface area contributed by atoms with Gasteiger partial charge >= 0.3 is 0 Å². The Morgan fingerprint density at radius 2 is 2.12 bits per heavy atom. The number of alkyl halides is 1.